The number of nitrogens with zero attached hydrogens (tertiary/aromatic N) is 2. The van der Waals surface area contributed by atoms with E-state index < -0.39 is 0 Å². The Balaban J connectivity index is 2.19. The molecular formula is C18H24N4OS. The number of rotatable bonds is 6. The largest absolute Gasteiger partial charge is 0.494 e. The Morgan fingerprint density at radius 1 is 1.25 bits per heavy atom. The van der Waals surface area contributed by atoms with Gasteiger partial charge >= 0.3 is 0 Å². The topological polar surface area (TPSA) is 50.6 Å². The monoisotopic (exact) mass is 344 g/mol. The van der Waals surface area contributed by atoms with E-state index in [0.29, 0.717) is 11.7 Å². The van der Waals surface area contributed by atoms with Crippen molar-refractivity contribution < 1.29 is 4.74 Å². The van der Waals surface area contributed by atoms with Crippen molar-refractivity contribution in [1.29, 1.82) is 0 Å². The van der Waals surface area contributed by atoms with Crippen LogP contribution < -0.4 is 15.5 Å². The first kappa shape index (κ1) is 18.0. The molecule has 2 rings (SSSR count). The van der Waals surface area contributed by atoms with Gasteiger partial charge in [0.05, 0.1) is 12.8 Å². The summed E-state index contributed by atoms with van der Waals surface area (Å²) >= 11 is 5.09. The first-order valence-corrected chi connectivity index (χ1v) is 8.46. The standard InChI is InChI=1S/C18H24N4OS/c1-5-19-18(24)21-20-12-15-11-13(3)22(14(15)4)16-7-9-17(10-8-16)23-6-2/h7-12H,5-6H2,1-4H3,(H2,19,21,24). The van der Waals surface area contributed by atoms with Gasteiger partial charge in [-0.3, -0.25) is 5.43 Å². The van der Waals surface area contributed by atoms with Crippen molar-refractivity contribution in [2.24, 2.45) is 5.10 Å². The van der Waals surface area contributed by atoms with Gasteiger partial charge in [0.1, 0.15) is 5.75 Å². The van der Waals surface area contributed by atoms with E-state index in [-0.39, 0.29) is 0 Å². The van der Waals surface area contributed by atoms with Gasteiger partial charge in [0, 0.05) is 29.2 Å². The highest BCUT2D eigenvalue weighted by atomic mass is 32.1. The van der Waals surface area contributed by atoms with E-state index in [9.17, 15) is 0 Å². The Morgan fingerprint density at radius 2 is 1.96 bits per heavy atom. The quantitative estimate of drug-likeness (QED) is 0.479. The summed E-state index contributed by atoms with van der Waals surface area (Å²) in [6.45, 7) is 9.57. The molecule has 1 aromatic carbocycles. The fourth-order valence-corrected chi connectivity index (χ4v) is 2.73. The van der Waals surface area contributed by atoms with Crippen LogP contribution in [0.3, 0.4) is 0 Å². The molecule has 0 aliphatic carbocycles. The van der Waals surface area contributed by atoms with Crippen LogP contribution in [0.15, 0.2) is 35.4 Å². The smallest absolute Gasteiger partial charge is 0.186 e. The van der Waals surface area contributed by atoms with Crippen molar-refractivity contribution in [1.82, 2.24) is 15.3 Å². The summed E-state index contributed by atoms with van der Waals surface area (Å²) in [6, 6.07) is 10.2. The predicted octanol–water partition coefficient (Wildman–Crippen LogP) is 3.31. The van der Waals surface area contributed by atoms with E-state index in [4.69, 9.17) is 17.0 Å². The van der Waals surface area contributed by atoms with Crippen LogP contribution in [0, 0.1) is 13.8 Å². The Hall–Kier alpha value is -2.34. The van der Waals surface area contributed by atoms with Crippen molar-refractivity contribution in [2.75, 3.05) is 13.2 Å². The second kappa shape index (κ2) is 8.49. The molecule has 0 aliphatic rings. The molecule has 0 aliphatic heterocycles. The Labute approximate surface area is 148 Å². The number of ether oxygens (including phenoxy) is 1. The normalized spacial score (nSPS) is 10.8. The molecule has 0 bridgehead atoms. The Bertz CT molecular complexity index is 719. The van der Waals surface area contributed by atoms with Crippen LogP contribution in [0.2, 0.25) is 0 Å². The molecule has 2 N–H and O–H groups in total. The molecule has 128 valence electrons. The zero-order valence-corrected chi connectivity index (χ0v) is 15.4. The van der Waals surface area contributed by atoms with E-state index in [0.717, 1.165) is 34.9 Å². The lowest BCUT2D eigenvalue weighted by atomic mass is 10.2. The summed E-state index contributed by atoms with van der Waals surface area (Å²) < 4.78 is 7.70. The van der Waals surface area contributed by atoms with Crippen LogP contribution >= 0.6 is 12.2 Å². The van der Waals surface area contributed by atoms with Gasteiger partial charge in [0.25, 0.3) is 0 Å². The molecule has 6 heteroatoms. The van der Waals surface area contributed by atoms with Crippen molar-refractivity contribution in [2.45, 2.75) is 27.7 Å². The molecule has 24 heavy (non-hydrogen) atoms. The third-order valence-electron chi connectivity index (χ3n) is 3.58. The maximum atomic E-state index is 5.50. The molecular weight excluding hydrogens is 320 g/mol. The molecule has 0 unspecified atom stereocenters. The van der Waals surface area contributed by atoms with Gasteiger partial charge in [-0.2, -0.15) is 5.10 Å². The fraction of sp³-hybridized carbons (Fsp3) is 0.333. The summed E-state index contributed by atoms with van der Waals surface area (Å²) in [4.78, 5) is 0. The van der Waals surface area contributed by atoms with E-state index in [1.807, 2.05) is 26.0 Å². The van der Waals surface area contributed by atoms with Gasteiger partial charge in [-0.25, -0.2) is 0 Å². The fourth-order valence-electron chi connectivity index (χ4n) is 2.53. The highest BCUT2D eigenvalue weighted by Gasteiger charge is 2.09. The van der Waals surface area contributed by atoms with Crippen molar-refractivity contribution in [3.05, 3.63) is 47.3 Å². The van der Waals surface area contributed by atoms with Crippen molar-refractivity contribution in [3.8, 4) is 11.4 Å². The summed E-state index contributed by atoms with van der Waals surface area (Å²) in [5, 5.41) is 7.71. The lowest BCUT2D eigenvalue weighted by Gasteiger charge is -2.11. The first-order valence-electron chi connectivity index (χ1n) is 8.05. The molecule has 0 spiro atoms. The van der Waals surface area contributed by atoms with Gasteiger partial charge < -0.3 is 14.6 Å². The first-order chi connectivity index (χ1) is 11.6. The zero-order chi connectivity index (χ0) is 17.5. The van der Waals surface area contributed by atoms with Crippen molar-refractivity contribution >= 4 is 23.5 Å². The molecule has 0 fully saturated rings. The molecule has 0 atom stereocenters. The maximum Gasteiger partial charge on any atom is 0.186 e. The Morgan fingerprint density at radius 3 is 2.58 bits per heavy atom. The number of aryl methyl sites for hydroxylation is 1. The lowest BCUT2D eigenvalue weighted by Crippen LogP contribution is -2.31. The SMILES string of the molecule is CCNC(=S)NN=Cc1cc(C)n(-c2ccc(OCC)cc2)c1C. The van der Waals surface area contributed by atoms with E-state index >= 15 is 0 Å². The predicted molar refractivity (Wildman–Crippen MR) is 103 cm³/mol. The molecule has 0 radical (unpaired) electrons. The van der Waals surface area contributed by atoms with Gasteiger partial charge in [0.2, 0.25) is 0 Å². The van der Waals surface area contributed by atoms with Crippen LogP contribution in [0.4, 0.5) is 0 Å². The van der Waals surface area contributed by atoms with E-state index in [1.165, 1.54) is 0 Å². The molecule has 0 saturated carbocycles. The summed E-state index contributed by atoms with van der Waals surface area (Å²) in [7, 11) is 0. The number of benzene rings is 1. The lowest BCUT2D eigenvalue weighted by molar-refractivity contribution is 0.340. The molecule has 1 aromatic heterocycles. The third-order valence-corrected chi connectivity index (χ3v) is 3.82. The highest BCUT2D eigenvalue weighted by molar-refractivity contribution is 7.80. The number of hydrazone groups is 1. The second-order valence-corrected chi connectivity index (χ2v) is 5.73. The van der Waals surface area contributed by atoms with Crippen LogP contribution in [-0.2, 0) is 0 Å². The number of aromatic nitrogens is 1. The molecule has 1 heterocycles. The summed E-state index contributed by atoms with van der Waals surface area (Å²) in [6.07, 6.45) is 1.79. The van der Waals surface area contributed by atoms with Gasteiger partial charge in [0.15, 0.2) is 5.11 Å². The molecule has 5 nitrogen and oxygen atoms in total. The molecule has 2 aromatic rings. The summed E-state index contributed by atoms with van der Waals surface area (Å²) in [5.41, 5.74) is 7.23. The molecule has 0 amide bonds. The van der Waals surface area contributed by atoms with Crippen LogP contribution in [-0.4, -0.2) is 29.0 Å². The average Bonchev–Trinajstić information content (AvgIpc) is 2.83. The van der Waals surface area contributed by atoms with Crippen LogP contribution in [0.5, 0.6) is 5.75 Å². The van der Waals surface area contributed by atoms with Crippen LogP contribution in [0.1, 0.15) is 30.8 Å². The number of hydrogen-bond acceptors (Lipinski definition) is 3. The number of thiocarbonyl (C=S) groups is 1. The summed E-state index contributed by atoms with van der Waals surface area (Å²) in [5.74, 6) is 0.881. The second-order valence-electron chi connectivity index (χ2n) is 5.32. The number of nitrogens with one attached hydrogen (secondary N) is 2. The van der Waals surface area contributed by atoms with Crippen molar-refractivity contribution in [3.63, 3.8) is 0 Å². The minimum absolute atomic E-state index is 0.522. The van der Waals surface area contributed by atoms with E-state index in [2.05, 4.69) is 52.5 Å². The van der Waals surface area contributed by atoms with Gasteiger partial charge in [-0.15, -0.1) is 0 Å². The molecule has 0 saturated heterocycles. The van der Waals surface area contributed by atoms with Gasteiger partial charge in [-0.1, -0.05) is 0 Å². The average molecular weight is 344 g/mol. The minimum atomic E-state index is 0.522. The van der Waals surface area contributed by atoms with Gasteiger partial charge in [-0.05, 0) is 70.2 Å². The maximum absolute atomic E-state index is 5.50. The highest BCUT2D eigenvalue weighted by Crippen LogP contribution is 2.22. The van der Waals surface area contributed by atoms with Crippen LogP contribution in [0.25, 0.3) is 5.69 Å². The zero-order valence-electron chi connectivity index (χ0n) is 14.6. The van der Waals surface area contributed by atoms with E-state index in [1.54, 1.807) is 6.21 Å². The minimum Gasteiger partial charge on any atom is -0.494 e. The Kier molecular flexibility index (Phi) is 6.37. The third kappa shape index (κ3) is 4.35. The number of hydrogen-bond donors (Lipinski definition) is 2.